The molecule has 0 bridgehead atoms. The number of hydrogen-bond donors (Lipinski definition) is 0. The van der Waals surface area contributed by atoms with E-state index in [1.54, 1.807) is 0 Å². The van der Waals surface area contributed by atoms with Crippen molar-refractivity contribution < 1.29 is 51.0 Å². The topological polar surface area (TPSA) is 0 Å². The summed E-state index contributed by atoms with van der Waals surface area (Å²) in [5.41, 5.74) is 3.48. The van der Waals surface area contributed by atoms with Gasteiger partial charge in [-0.15, -0.1) is 12.8 Å². The molecule has 0 heterocycles. The Morgan fingerprint density at radius 2 is 1.00 bits per heavy atom. The summed E-state index contributed by atoms with van der Waals surface area (Å²) in [5, 5.41) is 0. The van der Waals surface area contributed by atoms with E-state index in [2.05, 4.69) is 78.0 Å². The molecular formula is C18H26Cl2Zr. The third-order valence-corrected chi connectivity index (χ3v) is 3.13. The van der Waals surface area contributed by atoms with Crippen LogP contribution >= 0.6 is 0 Å². The Balaban J connectivity index is -0.000000270. The number of hydrogen-bond acceptors (Lipinski definition) is 0. The summed E-state index contributed by atoms with van der Waals surface area (Å²) in [4.78, 5) is 0. The van der Waals surface area contributed by atoms with Gasteiger partial charge in [0, 0.05) is 0 Å². The van der Waals surface area contributed by atoms with E-state index in [4.69, 9.17) is 0 Å². The van der Waals surface area contributed by atoms with Gasteiger partial charge in [0.1, 0.15) is 0 Å². The fourth-order valence-electron chi connectivity index (χ4n) is 1.84. The first-order chi connectivity index (χ1) is 8.21. The van der Waals surface area contributed by atoms with Gasteiger partial charge in [-0.2, -0.15) is 23.3 Å². The molecule has 21 heavy (non-hydrogen) atoms. The maximum absolute atomic E-state index is 3.16. The zero-order chi connectivity index (χ0) is 13.8. The molecule has 0 aliphatic heterocycles. The van der Waals surface area contributed by atoms with Crippen LogP contribution in [0.3, 0.4) is 0 Å². The predicted octanol–water partition coefficient (Wildman–Crippen LogP) is -0.551. The molecule has 0 aromatic rings. The van der Waals surface area contributed by atoms with E-state index in [9.17, 15) is 0 Å². The fraction of sp³-hybridized carbons (Fsp3) is 0.556. The Bertz CT molecular complexity index is 362. The van der Waals surface area contributed by atoms with Crippen LogP contribution in [0.25, 0.3) is 0 Å². The van der Waals surface area contributed by atoms with Crippen LogP contribution in [0.15, 0.2) is 35.5 Å². The van der Waals surface area contributed by atoms with Gasteiger partial charge in [-0.3, -0.25) is 12.2 Å². The van der Waals surface area contributed by atoms with E-state index in [1.807, 2.05) is 0 Å². The third kappa shape index (κ3) is 9.93. The molecule has 0 aromatic carbocycles. The minimum Gasteiger partial charge on any atom is -1.00 e. The average molecular weight is 405 g/mol. The van der Waals surface area contributed by atoms with Crippen molar-refractivity contribution in [2.45, 2.75) is 54.4 Å². The van der Waals surface area contributed by atoms with Crippen LogP contribution in [-0.2, 0) is 26.2 Å². The van der Waals surface area contributed by atoms with E-state index in [-0.39, 0.29) is 51.0 Å². The van der Waals surface area contributed by atoms with Crippen LogP contribution in [0.4, 0.5) is 0 Å². The van der Waals surface area contributed by atoms with Crippen LogP contribution < -0.4 is 24.8 Å². The molecule has 116 valence electrons. The molecule has 0 unspecified atom stereocenters. The number of rotatable bonds is 0. The van der Waals surface area contributed by atoms with Gasteiger partial charge in [-0.25, -0.2) is 12.2 Å². The van der Waals surface area contributed by atoms with Crippen LogP contribution in [-0.4, -0.2) is 0 Å². The van der Waals surface area contributed by atoms with E-state index in [1.165, 1.54) is 11.1 Å². The van der Waals surface area contributed by atoms with Gasteiger partial charge >= 0.3 is 26.2 Å². The van der Waals surface area contributed by atoms with Crippen molar-refractivity contribution in [3.05, 3.63) is 47.6 Å². The Morgan fingerprint density at radius 3 is 1.10 bits per heavy atom. The van der Waals surface area contributed by atoms with Crippen LogP contribution in [0, 0.1) is 23.0 Å². The summed E-state index contributed by atoms with van der Waals surface area (Å²) in [6.45, 7) is 13.3. The summed E-state index contributed by atoms with van der Waals surface area (Å²) < 4.78 is 0. The fourth-order valence-corrected chi connectivity index (χ4v) is 1.84. The van der Waals surface area contributed by atoms with Crippen molar-refractivity contribution in [2.24, 2.45) is 10.8 Å². The average Bonchev–Trinajstić information content (AvgIpc) is 2.91. The van der Waals surface area contributed by atoms with Crippen molar-refractivity contribution in [2.75, 3.05) is 0 Å². The van der Waals surface area contributed by atoms with Gasteiger partial charge in [0.05, 0.1) is 0 Å². The van der Waals surface area contributed by atoms with E-state index in [0.29, 0.717) is 10.8 Å². The first kappa shape index (κ1) is 26.3. The Labute approximate surface area is 163 Å². The van der Waals surface area contributed by atoms with E-state index >= 15 is 0 Å². The third-order valence-electron chi connectivity index (χ3n) is 3.13. The summed E-state index contributed by atoms with van der Waals surface area (Å²) >= 11 is 0. The molecule has 0 saturated carbocycles. The first-order valence-corrected chi connectivity index (χ1v) is 6.76. The smallest absolute Gasteiger partial charge is 1.00 e. The molecule has 0 N–H and O–H groups in total. The summed E-state index contributed by atoms with van der Waals surface area (Å²) in [5.74, 6) is 0. The molecule has 3 heteroatoms. The second-order valence-electron chi connectivity index (χ2n) is 6.92. The molecule has 2 rings (SSSR count). The maximum atomic E-state index is 3.16. The van der Waals surface area contributed by atoms with Gasteiger partial charge in [-0.1, -0.05) is 52.4 Å². The second-order valence-corrected chi connectivity index (χ2v) is 6.92. The normalized spacial score (nSPS) is 15.7. The van der Waals surface area contributed by atoms with Crippen molar-refractivity contribution in [3.8, 4) is 0 Å². The van der Waals surface area contributed by atoms with E-state index < -0.39 is 0 Å². The Morgan fingerprint density at radius 1 is 0.714 bits per heavy atom. The van der Waals surface area contributed by atoms with Gasteiger partial charge < -0.3 is 24.8 Å². The Hall–Kier alpha value is 0.423. The van der Waals surface area contributed by atoms with E-state index in [0.717, 1.165) is 12.8 Å². The van der Waals surface area contributed by atoms with Gasteiger partial charge in [-0.05, 0) is 0 Å². The second kappa shape index (κ2) is 11.0. The Kier molecular flexibility index (Phi) is 13.8. The zero-order valence-corrected chi connectivity index (χ0v) is 17.9. The minimum absolute atomic E-state index is 0. The maximum Gasteiger partial charge on any atom is 4.00 e. The number of halogens is 2. The van der Waals surface area contributed by atoms with Crippen LogP contribution in [0.5, 0.6) is 0 Å². The quantitative estimate of drug-likeness (QED) is 0.476. The zero-order valence-electron chi connectivity index (χ0n) is 14.0. The molecule has 0 amide bonds. The largest absolute Gasteiger partial charge is 4.00 e. The molecule has 0 atom stereocenters. The van der Waals surface area contributed by atoms with Gasteiger partial charge in [0.15, 0.2) is 0 Å². The molecule has 0 aromatic heterocycles. The van der Waals surface area contributed by atoms with Crippen LogP contribution in [0.2, 0.25) is 0 Å². The molecule has 0 radical (unpaired) electrons. The van der Waals surface area contributed by atoms with Crippen LogP contribution in [0.1, 0.15) is 54.4 Å². The minimum atomic E-state index is 0. The SMILES string of the molecule is CC(C)(C)C1=CC[C-]=C1.CC(C)(C)C1=CC[C-]=C1.[Cl-].[Cl-].[Zr+4]. The molecule has 2 aliphatic carbocycles. The molecule has 0 spiro atoms. The summed E-state index contributed by atoms with van der Waals surface area (Å²) in [6.07, 6.45) is 17.0. The monoisotopic (exact) mass is 402 g/mol. The molecule has 0 saturated heterocycles. The predicted molar refractivity (Wildman–Crippen MR) is 79.9 cm³/mol. The van der Waals surface area contributed by atoms with Gasteiger partial charge in [0.25, 0.3) is 0 Å². The summed E-state index contributed by atoms with van der Waals surface area (Å²) in [6, 6.07) is 0. The van der Waals surface area contributed by atoms with Crippen molar-refractivity contribution in [1.82, 2.24) is 0 Å². The summed E-state index contributed by atoms with van der Waals surface area (Å²) in [7, 11) is 0. The van der Waals surface area contributed by atoms with Crippen molar-refractivity contribution in [1.29, 1.82) is 0 Å². The van der Waals surface area contributed by atoms with Gasteiger partial charge in [0.2, 0.25) is 0 Å². The molecule has 0 fully saturated rings. The standard InChI is InChI=1S/2C9H13.2ClH.Zr/c2*1-9(2,3)8-6-4-5-7-8;;;/h2*6-7H,4H2,1-3H3;2*1H;/q2*-1;;;+4/p-2. The molecule has 2 aliphatic rings. The first-order valence-electron chi connectivity index (χ1n) is 6.76. The molecule has 0 nitrogen and oxygen atoms in total. The molecular weight excluding hydrogens is 378 g/mol. The van der Waals surface area contributed by atoms with Crippen molar-refractivity contribution >= 4 is 0 Å². The van der Waals surface area contributed by atoms with Crippen molar-refractivity contribution in [3.63, 3.8) is 0 Å². The number of allylic oxidation sites excluding steroid dienone is 8.